The van der Waals surface area contributed by atoms with Crippen LogP contribution in [0, 0.1) is 0 Å². The van der Waals surface area contributed by atoms with Crippen molar-refractivity contribution in [3.63, 3.8) is 0 Å². The van der Waals surface area contributed by atoms with Crippen LogP contribution in [0.3, 0.4) is 0 Å². The molecule has 0 N–H and O–H groups in total. The third-order valence-corrected chi connectivity index (χ3v) is 14.4. The zero-order chi connectivity index (χ0) is 22.6. The number of benzene rings is 3. The second kappa shape index (κ2) is 12.6. The van der Waals surface area contributed by atoms with E-state index in [0.29, 0.717) is 0 Å². The summed E-state index contributed by atoms with van der Waals surface area (Å²) in [6, 6.07) is 32.6. The van der Waals surface area contributed by atoms with Gasteiger partial charge >= 0.3 is 201 Å². The fraction of sp³-hybridized carbons (Fsp3) is 0.400. The van der Waals surface area contributed by atoms with Gasteiger partial charge in [-0.25, -0.2) is 0 Å². The van der Waals surface area contributed by atoms with Gasteiger partial charge in [0.1, 0.15) is 0 Å². The van der Waals surface area contributed by atoms with Crippen molar-refractivity contribution in [3.05, 3.63) is 91.0 Å². The first-order valence-corrected chi connectivity index (χ1v) is 15.9. The summed E-state index contributed by atoms with van der Waals surface area (Å²) < 4.78 is 0. The molecule has 0 atom stereocenters. The van der Waals surface area contributed by atoms with Gasteiger partial charge in [0.2, 0.25) is 0 Å². The molecule has 0 heterocycles. The molecule has 0 unspecified atom stereocenters. The molecule has 0 spiro atoms. The molecule has 0 aliphatic carbocycles. The Morgan fingerprint density at radius 1 is 0.469 bits per heavy atom. The monoisotopic (exact) mass is 466 g/mol. The molecular formula is C30H40ClP. The van der Waals surface area contributed by atoms with Crippen LogP contribution in [-0.4, -0.2) is 6.16 Å². The average molecular weight is 467 g/mol. The van der Waals surface area contributed by atoms with Gasteiger partial charge < -0.3 is 0 Å². The zero-order valence-corrected chi connectivity index (χ0v) is 21.4. The molecule has 172 valence electrons. The van der Waals surface area contributed by atoms with Crippen LogP contribution in [0.15, 0.2) is 91.0 Å². The number of halogens is 1. The van der Waals surface area contributed by atoms with Crippen molar-refractivity contribution in [1.82, 2.24) is 0 Å². The van der Waals surface area contributed by atoms with Gasteiger partial charge in [0, 0.05) is 0 Å². The number of hydrogen-bond acceptors (Lipinski definition) is 0. The summed E-state index contributed by atoms with van der Waals surface area (Å²) >= 11 is 8.12. The Kier molecular flexibility index (Phi) is 9.83. The molecule has 3 rings (SSSR count). The van der Waals surface area contributed by atoms with E-state index in [4.69, 9.17) is 11.2 Å². The van der Waals surface area contributed by atoms with Crippen molar-refractivity contribution in [2.75, 3.05) is 6.16 Å². The first-order valence-electron chi connectivity index (χ1n) is 12.6. The minimum atomic E-state index is -3.05. The zero-order valence-electron chi connectivity index (χ0n) is 19.8. The summed E-state index contributed by atoms with van der Waals surface area (Å²) in [6.45, 7) is 2.28. The van der Waals surface area contributed by atoms with E-state index in [1.165, 1.54) is 73.7 Å². The Morgan fingerprint density at radius 2 is 0.781 bits per heavy atom. The molecule has 2 heteroatoms. The summed E-state index contributed by atoms with van der Waals surface area (Å²) in [5, 5.41) is 3.86. The van der Waals surface area contributed by atoms with Crippen LogP contribution < -0.4 is 15.9 Å². The molecule has 0 saturated heterocycles. The summed E-state index contributed by atoms with van der Waals surface area (Å²) in [5.41, 5.74) is 0. The van der Waals surface area contributed by atoms with E-state index in [0.717, 1.165) is 12.6 Å². The summed E-state index contributed by atoms with van der Waals surface area (Å²) in [6.07, 6.45) is 14.4. The molecule has 0 bridgehead atoms. The van der Waals surface area contributed by atoms with Crippen molar-refractivity contribution in [3.8, 4) is 0 Å². The normalized spacial score (nSPS) is 12.9. The fourth-order valence-electron chi connectivity index (χ4n) is 4.95. The third kappa shape index (κ3) is 5.84. The van der Waals surface area contributed by atoms with Crippen molar-refractivity contribution < 1.29 is 0 Å². The number of hydrogen-bond donors (Lipinski definition) is 0. The van der Waals surface area contributed by atoms with Crippen molar-refractivity contribution >= 4 is 33.1 Å². The van der Waals surface area contributed by atoms with Crippen molar-refractivity contribution in [2.24, 2.45) is 0 Å². The van der Waals surface area contributed by atoms with E-state index in [1.54, 1.807) is 0 Å². The predicted molar refractivity (Wildman–Crippen MR) is 148 cm³/mol. The van der Waals surface area contributed by atoms with E-state index in [9.17, 15) is 0 Å². The van der Waals surface area contributed by atoms with Gasteiger partial charge in [-0.15, -0.1) is 0 Å². The Labute approximate surface area is 201 Å². The molecule has 0 aromatic heterocycles. The molecule has 0 aliphatic rings. The molecule has 0 nitrogen and oxygen atoms in total. The first-order chi connectivity index (χ1) is 15.7. The molecule has 0 fully saturated rings. The topological polar surface area (TPSA) is 0 Å². The molecule has 0 saturated carbocycles. The number of unbranched alkanes of at least 4 members (excludes halogenated alkanes) is 9. The van der Waals surface area contributed by atoms with Crippen LogP contribution in [0.1, 0.15) is 71.1 Å². The predicted octanol–water partition coefficient (Wildman–Crippen LogP) is 8.59. The Morgan fingerprint density at radius 3 is 1.12 bits per heavy atom. The third-order valence-electron chi connectivity index (χ3n) is 6.82. The van der Waals surface area contributed by atoms with Crippen LogP contribution in [-0.2, 0) is 0 Å². The molecule has 32 heavy (non-hydrogen) atoms. The van der Waals surface area contributed by atoms with Gasteiger partial charge in [-0.2, -0.15) is 0 Å². The molecule has 0 radical (unpaired) electrons. The maximum atomic E-state index is 8.12. The first kappa shape index (κ1) is 25.0. The Balaban J connectivity index is 1.78. The summed E-state index contributed by atoms with van der Waals surface area (Å²) in [4.78, 5) is 0. The van der Waals surface area contributed by atoms with E-state index in [2.05, 4.69) is 97.9 Å². The van der Waals surface area contributed by atoms with E-state index in [-0.39, 0.29) is 0 Å². The Hall–Kier alpha value is -1.62. The van der Waals surface area contributed by atoms with Crippen molar-refractivity contribution in [1.29, 1.82) is 0 Å². The van der Waals surface area contributed by atoms with E-state index in [1.807, 2.05) is 0 Å². The van der Waals surface area contributed by atoms with Crippen LogP contribution in [0.25, 0.3) is 0 Å². The molecule has 3 aromatic carbocycles. The summed E-state index contributed by atoms with van der Waals surface area (Å²) in [7, 11) is 0. The van der Waals surface area contributed by atoms with E-state index < -0.39 is 5.96 Å². The molecule has 3 aromatic rings. The van der Waals surface area contributed by atoms with E-state index >= 15 is 0 Å². The number of rotatable bonds is 14. The van der Waals surface area contributed by atoms with Gasteiger partial charge in [-0.3, -0.25) is 0 Å². The second-order valence-corrected chi connectivity index (χ2v) is 15.7. The molecular weight excluding hydrogens is 427 g/mol. The minimum absolute atomic E-state index is 1.02. The van der Waals surface area contributed by atoms with Gasteiger partial charge in [0.25, 0.3) is 0 Å². The summed E-state index contributed by atoms with van der Waals surface area (Å²) in [5.74, 6) is -3.05. The van der Waals surface area contributed by atoms with Crippen LogP contribution in [0.2, 0.25) is 0 Å². The second-order valence-electron chi connectivity index (χ2n) is 9.10. The van der Waals surface area contributed by atoms with Gasteiger partial charge in [-0.1, -0.05) is 0 Å². The molecule has 0 aliphatic heterocycles. The van der Waals surface area contributed by atoms with Crippen LogP contribution in [0.4, 0.5) is 0 Å². The average Bonchev–Trinajstić information content (AvgIpc) is 2.87. The SMILES string of the molecule is CCCCCCCCCCCCP(Cl)(c1ccccc1)(c1ccccc1)c1ccccc1. The quantitative estimate of drug-likeness (QED) is 0.165. The van der Waals surface area contributed by atoms with Gasteiger partial charge in [0.15, 0.2) is 0 Å². The van der Waals surface area contributed by atoms with Crippen LogP contribution in [0.5, 0.6) is 0 Å². The van der Waals surface area contributed by atoms with Gasteiger partial charge in [0.05, 0.1) is 0 Å². The molecule has 0 amide bonds. The standard InChI is InChI=1S/C30H40ClP/c1-2-3-4-5-6-7-8-9-10-20-27-32(31,28-21-14-11-15-22-28,29-23-16-12-17-24-29)30-25-18-13-19-26-30/h11-19,21-26H,2-10,20,27H2,1H3. The van der Waals surface area contributed by atoms with Gasteiger partial charge in [-0.05, 0) is 0 Å². The van der Waals surface area contributed by atoms with Crippen molar-refractivity contribution in [2.45, 2.75) is 71.1 Å². The maximum absolute atomic E-state index is 8.12. The van der Waals surface area contributed by atoms with Crippen LogP contribution >= 0.6 is 17.2 Å². The Bertz CT molecular complexity index is 792. The fourth-order valence-corrected chi connectivity index (χ4v) is 11.2.